The van der Waals surface area contributed by atoms with Crippen molar-refractivity contribution >= 4 is 40.8 Å². The van der Waals surface area contributed by atoms with E-state index >= 15 is 0 Å². The zero-order valence-corrected chi connectivity index (χ0v) is 30.7. The van der Waals surface area contributed by atoms with E-state index in [1.54, 1.807) is 29.3 Å². The molecule has 14 heteroatoms. The molecule has 1 aliphatic carbocycles. The van der Waals surface area contributed by atoms with Crippen LogP contribution in [-0.2, 0) is 9.59 Å². The maximum Gasteiger partial charge on any atom is 0.262 e. The summed E-state index contributed by atoms with van der Waals surface area (Å²) in [7, 11) is 0. The molecule has 4 amide bonds. The number of amides is 4. The molecule has 7 heterocycles. The van der Waals surface area contributed by atoms with Crippen molar-refractivity contribution in [3.05, 3.63) is 70.8 Å². The highest BCUT2D eigenvalue weighted by Crippen LogP contribution is 2.46. The molecule has 4 saturated heterocycles. The quantitative estimate of drug-likeness (QED) is 0.230. The number of anilines is 3. The zero-order valence-electron chi connectivity index (χ0n) is 30.7. The number of piperidine rings is 2. The third-order valence-electron chi connectivity index (χ3n) is 13.0. The van der Waals surface area contributed by atoms with E-state index in [0.29, 0.717) is 40.3 Å². The summed E-state index contributed by atoms with van der Waals surface area (Å²) in [5.41, 5.74) is 7.35. The molecule has 0 radical (unpaired) electrons. The number of nitrogens with zero attached hydrogens (tertiary/aromatic N) is 7. The van der Waals surface area contributed by atoms with E-state index in [-0.39, 0.29) is 24.5 Å². The minimum atomic E-state index is -0.951. The van der Waals surface area contributed by atoms with Crippen LogP contribution < -0.4 is 20.4 Å². The second-order valence-electron chi connectivity index (χ2n) is 16.2. The number of carbonyl (C=O) groups is 4. The van der Waals surface area contributed by atoms with Crippen LogP contribution >= 0.6 is 0 Å². The number of hydrogen-bond donors (Lipinski definition) is 3. The molecule has 4 fully saturated rings. The second kappa shape index (κ2) is 13.4. The molecular weight excluding hydrogens is 699 g/mol. The lowest BCUT2D eigenvalue weighted by Crippen LogP contribution is -2.58. The number of hydrogen-bond acceptors (Lipinski definition) is 12. The number of aromatic nitrogens is 2. The number of nitrogens with one attached hydrogen (secondary N) is 2. The summed E-state index contributed by atoms with van der Waals surface area (Å²) in [5.74, 6) is 0.448. The smallest absolute Gasteiger partial charge is 0.262 e. The molecule has 3 aromatic rings. The summed E-state index contributed by atoms with van der Waals surface area (Å²) >= 11 is 0. The van der Waals surface area contributed by atoms with Gasteiger partial charge in [-0.15, -0.1) is 10.2 Å². The summed E-state index contributed by atoms with van der Waals surface area (Å²) in [6.07, 6.45) is 3.63. The number of likely N-dealkylation sites (tertiary alicyclic amines) is 1. The van der Waals surface area contributed by atoms with Crippen molar-refractivity contribution < 1.29 is 24.3 Å². The van der Waals surface area contributed by atoms with Gasteiger partial charge >= 0.3 is 0 Å². The maximum atomic E-state index is 13.3. The number of fused-ring (bicyclic) bond motifs is 5. The fourth-order valence-electron chi connectivity index (χ4n) is 9.82. The van der Waals surface area contributed by atoms with E-state index in [1.165, 1.54) is 6.42 Å². The Morgan fingerprint density at radius 2 is 1.67 bits per heavy atom. The lowest BCUT2D eigenvalue weighted by molar-refractivity contribution is -0.136. The van der Waals surface area contributed by atoms with Gasteiger partial charge in [-0.25, -0.2) is 0 Å². The molecule has 10 rings (SSSR count). The Bertz CT molecular complexity index is 2150. The molecule has 1 aromatic heterocycles. The highest BCUT2D eigenvalue weighted by Gasteiger charge is 2.46. The van der Waals surface area contributed by atoms with Gasteiger partial charge in [-0.1, -0.05) is 12.1 Å². The number of imide groups is 2. The van der Waals surface area contributed by atoms with Gasteiger partial charge in [0.1, 0.15) is 11.8 Å². The van der Waals surface area contributed by atoms with Gasteiger partial charge in [0, 0.05) is 82.5 Å². The number of benzene rings is 2. The van der Waals surface area contributed by atoms with Crippen LogP contribution in [-0.4, -0.2) is 131 Å². The predicted molar refractivity (Wildman–Crippen MR) is 205 cm³/mol. The van der Waals surface area contributed by atoms with Crippen molar-refractivity contribution in [1.82, 2.24) is 30.2 Å². The Morgan fingerprint density at radius 1 is 0.836 bits per heavy atom. The fourth-order valence-corrected chi connectivity index (χ4v) is 9.82. The molecule has 0 saturated carbocycles. The number of phenols is 1. The normalized spacial score (nSPS) is 25.5. The van der Waals surface area contributed by atoms with Crippen molar-refractivity contribution in [2.45, 2.75) is 44.2 Å². The van der Waals surface area contributed by atoms with Gasteiger partial charge in [-0.05, 0) is 85.7 Å². The minimum absolute atomic E-state index is 0.109. The van der Waals surface area contributed by atoms with Gasteiger partial charge in [-0.3, -0.25) is 39.2 Å². The van der Waals surface area contributed by atoms with Gasteiger partial charge in [0.25, 0.3) is 11.8 Å². The van der Waals surface area contributed by atoms with Crippen molar-refractivity contribution in [2.24, 2.45) is 11.8 Å². The van der Waals surface area contributed by atoms with Crippen molar-refractivity contribution in [2.75, 3.05) is 80.6 Å². The first-order chi connectivity index (χ1) is 26.8. The Hall–Kier alpha value is -5.34. The first-order valence-corrected chi connectivity index (χ1v) is 19.7. The summed E-state index contributed by atoms with van der Waals surface area (Å²) in [6.45, 7) is 10.0. The highest BCUT2D eigenvalue weighted by atomic mass is 16.3. The molecule has 3 atom stereocenters. The lowest BCUT2D eigenvalue weighted by Gasteiger charge is -2.45. The van der Waals surface area contributed by atoms with Crippen LogP contribution in [0.2, 0.25) is 0 Å². The average Bonchev–Trinajstić information content (AvgIpc) is 3.50. The van der Waals surface area contributed by atoms with Gasteiger partial charge in [0.2, 0.25) is 11.8 Å². The molecule has 0 bridgehead atoms. The molecule has 1 unspecified atom stereocenters. The first-order valence-electron chi connectivity index (χ1n) is 19.7. The fraction of sp³-hybridized carbons (Fsp3) is 0.463. The van der Waals surface area contributed by atoms with E-state index in [0.717, 1.165) is 100 Å². The third kappa shape index (κ3) is 6.11. The van der Waals surface area contributed by atoms with Crippen LogP contribution in [0, 0.1) is 11.8 Å². The van der Waals surface area contributed by atoms with E-state index in [4.69, 9.17) is 0 Å². The standard InChI is InChI=1S/C41H45N9O5/c51-36-4-2-1-3-28(36)33-18-35-38(45-44-33)42-19-26-20-47(15-16-49(26)35)23-32-30-21-46(22-31(30)32)12-9-24-10-13-48(14-11-24)25-5-6-27-29(17-25)41(55)50(40(27)54)34-7-8-37(52)43-39(34)53/h1-6,17-18,24,26,30,34,51H,7-16,19-23H2,(H,42,45)(H,43,52,53)/t26-,30+,34?/m0/s1. The molecule has 7 aliphatic rings. The summed E-state index contributed by atoms with van der Waals surface area (Å²) < 4.78 is 0. The van der Waals surface area contributed by atoms with Gasteiger partial charge < -0.3 is 20.2 Å². The molecular formula is C41H45N9O5. The zero-order chi connectivity index (χ0) is 37.4. The molecule has 14 nitrogen and oxygen atoms in total. The van der Waals surface area contributed by atoms with Crippen molar-refractivity contribution in [1.29, 1.82) is 0 Å². The molecule has 2 aromatic carbocycles. The molecule has 284 valence electrons. The predicted octanol–water partition coefficient (Wildman–Crippen LogP) is 2.72. The monoisotopic (exact) mass is 743 g/mol. The molecule has 6 aliphatic heterocycles. The minimum Gasteiger partial charge on any atom is -0.507 e. The molecule has 55 heavy (non-hydrogen) atoms. The number of carbonyl (C=O) groups excluding carboxylic acids is 4. The van der Waals surface area contributed by atoms with Crippen molar-refractivity contribution in [3.8, 4) is 17.0 Å². The van der Waals surface area contributed by atoms with Crippen LogP contribution in [0.15, 0.2) is 59.7 Å². The van der Waals surface area contributed by atoms with Crippen LogP contribution in [0.3, 0.4) is 0 Å². The number of piperazine rings is 1. The van der Waals surface area contributed by atoms with E-state index in [9.17, 15) is 24.3 Å². The molecule has 0 spiro atoms. The number of rotatable bonds is 8. The molecule has 3 N–H and O–H groups in total. The SMILES string of the molecule is O=C1CCC(N2C(=O)c3ccc(N4CCC(CCN5CC6=C(CN7CCN8c9cc(-c%10ccccc%10O)nnc9NC[C@H]8C7)[C@@H]6C5)CC4)cc3C2=O)C(=O)N1. The average molecular weight is 744 g/mol. The summed E-state index contributed by atoms with van der Waals surface area (Å²) in [6, 6.07) is 14.2. The first kappa shape index (κ1) is 34.2. The topological polar surface area (TPSA) is 155 Å². The van der Waals surface area contributed by atoms with Crippen LogP contribution in [0.1, 0.15) is 52.8 Å². The number of para-hydroxylation sites is 1. The summed E-state index contributed by atoms with van der Waals surface area (Å²) in [4.78, 5) is 61.5. The highest BCUT2D eigenvalue weighted by molar-refractivity contribution is 6.23. The van der Waals surface area contributed by atoms with Gasteiger partial charge in [0.05, 0.1) is 28.6 Å². The Morgan fingerprint density at radius 3 is 2.47 bits per heavy atom. The van der Waals surface area contributed by atoms with Crippen LogP contribution in [0.5, 0.6) is 5.75 Å². The van der Waals surface area contributed by atoms with Crippen LogP contribution in [0.4, 0.5) is 17.2 Å². The van der Waals surface area contributed by atoms with E-state index < -0.39 is 23.8 Å². The Balaban J connectivity index is 0.684. The van der Waals surface area contributed by atoms with E-state index in [2.05, 4.69) is 46.5 Å². The van der Waals surface area contributed by atoms with Gasteiger partial charge in [0.15, 0.2) is 5.82 Å². The maximum absolute atomic E-state index is 13.3. The Labute approximate surface area is 319 Å². The third-order valence-corrected chi connectivity index (χ3v) is 13.0. The number of aromatic hydroxyl groups is 1. The Kier molecular flexibility index (Phi) is 8.36. The van der Waals surface area contributed by atoms with E-state index in [1.807, 2.05) is 24.3 Å². The van der Waals surface area contributed by atoms with Crippen molar-refractivity contribution in [3.63, 3.8) is 0 Å². The lowest BCUT2D eigenvalue weighted by atomic mass is 9.92. The largest absolute Gasteiger partial charge is 0.507 e. The second-order valence-corrected chi connectivity index (χ2v) is 16.2. The summed E-state index contributed by atoms with van der Waals surface area (Å²) in [5, 5.41) is 25.0. The number of phenolic OH excluding ortho intramolecular Hbond substituents is 1. The van der Waals surface area contributed by atoms with Crippen LogP contribution in [0.25, 0.3) is 11.3 Å². The van der Waals surface area contributed by atoms with Gasteiger partial charge in [-0.2, -0.15) is 0 Å².